The number of guanidine groups is 1. The molecule has 6 heteroatoms. The van der Waals surface area contributed by atoms with Crippen molar-refractivity contribution in [2.24, 2.45) is 10.8 Å². The Hall–Kier alpha value is -0.620. The van der Waals surface area contributed by atoms with E-state index in [1.165, 1.54) is 0 Å². The van der Waals surface area contributed by atoms with Crippen LogP contribution in [0.3, 0.4) is 0 Å². The van der Waals surface area contributed by atoms with Crippen molar-refractivity contribution < 1.29 is 4.21 Å². The van der Waals surface area contributed by atoms with Crippen LogP contribution < -0.4 is 16.6 Å². The lowest BCUT2D eigenvalue weighted by molar-refractivity contribution is 0.672. The van der Waals surface area contributed by atoms with Crippen LogP contribution in [0, 0.1) is 0 Å². The van der Waals surface area contributed by atoms with Crippen LogP contribution in [0.25, 0.3) is 0 Å². The molecule has 4 N–H and O–H groups in total. The second-order valence-corrected chi connectivity index (χ2v) is 4.21. The third-order valence-electron chi connectivity index (χ3n) is 1.48. The Labute approximate surface area is 75.2 Å². The lowest BCUT2D eigenvalue weighted by atomic mass is 10.5. The number of nitrogens with one attached hydrogen (secondary N) is 2. The van der Waals surface area contributed by atoms with Crippen molar-refractivity contribution in [1.82, 2.24) is 10.7 Å². The maximum Gasteiger partial charge on any atom is 0.205 e. The molecule has 0 heterocycles. The molecule has 72 valence electrons. The molecule has 12 heavy (non-hydrogen) atoms. The molecule has 5 nitrogen and oxygen atoms in total. The van der Waals surface area contributed by atoms with Crippen molar-refractivity contribution in [3.05, 3.63) is 0 Å². The fourth-order valence-electron chi connectivity index (χ4n) is 0.552. The molecule has 0 radical (unpaired) electrons. The molecule has 0 amide bonds. The lowest BCUT2D eigenvalue weighted by Gasteiger charge is -2.11. The second kappa shape index (κ2) is 5.96. The third-order valence-corrected chi connectivity index (χ3v) is 2.78. The number of rotatable bonds is 3. The molecule has 0 aromatic carbocycles. The highest BCUT2D eigenvalue weighted by Crippen LogP contribution is 1.88. The van der Waals surface area contributed by atoms with E-state index in [9.17, 15) is 4.21 Å². The van der Waals surface area contributed by atoms with Gasteiger partial charge in [0.2, 0.25) is 5.96 Å². The van der Waals surface area contributed by atoms with Crippen molar-refractivity contribution in [3.63, 3.8) is 0 Å². The topological polar surface area (TPSA) is 79.5 Å². The van der Waals surface area contributed by atoms with Gasteiger partial charge in [0, 0.05) is 35.9 Å². The standard InChI is InChI=1S/C6H16N4OS/c1-5(12(3)11)4-9-6(8-2)10-7/h5H,4,7H2,1-3H3,(H2,8,9,10). The Balaban J connectivity index is 3.74. The SMILES string of the molecule is CN=C(NN)NCC(C)S(C)=O. The van der Waals surface area contributed by atoms with Crippen LogP contribution in [-0.4, -0.2) is 35.3 Å². The highest BCUT2D eigenvalue weighted by molar-refractivity contribution is 7.84. The number of hydrogen-bond donors (Lipinski definition) is 3. The summed E-state index contributed by atoms with van der Waals surface area (Å²) in [4.78, 5) is 3.81. The number of hydrazine groups is 1. The van der Waals surface area contributed by atoms with Gasteiger partial charge in [-0.15, -0.1) is 0 Å². The zero-order valence-electron chi connectivity index (χ0n) is 7.63. The maximum atomic E-state index is 10.9. The van der Waals surface area contributed by atoms with Gasteiger partial charge in [-0.05, 0) is 6.92 Å². The highest BCUT2D eigenvalue weighted by atomic mass is 32.2. The van der Waals surface area contributed by atoms with Gasteiger partial charge in [0.25, 0.3) is 0 Å². The van der Waals surface area contributed by atoms with E-state index in [1.54, 1.807) is 13.3 Å². The number of nitrogens with zero attached hydrogens (tertiary/aromatic N) is 1. The molecule has 0 aromatic heterocycles. The smallest absolute Gasteiger partial charge is 0.205 e. The Morgan fingerprint density at radius 2 is 2.33 bits per heavy atom. The molecule has 0 aromatic rings. The van der Waals surface area contributed by atoms with Gasteiger partial charge in [-0.1, -0.05) is 0 Å². The normalized spacial score (nSPS) is 16.8. The minimum Gasteiger partial charge on any atom is -0.354 e. The van der Waals surface area contributed by atoms with Gasteiger partial charge in [0.15, 0.2) is 0 Å². The van der Waals surface area contributed by atoms with Crippen LogP contribution in [0.5, 0.6) is 0 Å². The van der Waals surface area contributed by atoms with Crippen molar-refractivity contribution in [2.45, 2.75) is 12.2 Å². The summed E-state index contributed by atoms with van der Waals surface area (Å²) >= 11 is 0. The molecule has 0 spiro atoms. The van der Waals surface area contributed by atoms with Crippen LogP contribution in [0.15, 0.2) is 4.99 Å². The van der Waals surface area contributed by atoms with Gasteiger partial charge in [-0.25, -0.2) is 5.84 Å². The van der Waals surface area contributed by atoms with Gasteiger partial charge < -0.3 is 5.32 Å². The predicted octanol–water partition coefficient (Wildman–Crippen LogP) is -1.21. The van der Waals surface area contributed by atoms with Crippen molar-refractivity contribution in [3.8, 4) is 0 Å². The molecular formula is C6H16N4OS. The fourth-order valence-corrected chi connectivity index (χ4v) is 0.870. The van der Waals surface area contributed by atoms with E-state index in [2.05, 4.69) is 15.7 Å². The molecule has 0 rings (SSSR count). The first-order valence-corrected chi connectivity index (χ1v) is 5.23. The first-order chi connectivity index (χ1) is 5.61. The average Bonchev–Trinajstić information content (AvgIpc) is 2.05. The van der Waals surface area contributed by atoms with E-state index >= 15 is 0 Å². The summed E-state index contributed by atoms with van der Waals surface area (Å²) < 4.78 is 10.9. The van der Waals surface area contributed by atoms with E-state index in [0.29, 0.717) is 12.5 Å². The molecule has 0 aliphatic carbocycles. The maximum absolute atomic E-state index is 10.9. The summed E-state index contributed by atoms with van der Waals surface area (Å²) in [7, 11) is 0.804. The van der Waals surface area contributed by atoms with Gasteiger partial charge in [-0.3, -0.25) is 14.6 Å². The van der Waals surface area contributed by atoms with E-state index in [1.807, 2.05) is 6.92 Å². The quantitative estimate of drug-likeness (QED) is 0.227. The highest BCUT2D eigenvalue weighted by Gasteiger charge is 2.05. The molecule has 0 aliphatic heterocycles. The molecular weight excluding hydrogens is 176 g/mol. The van der Waals surface area contributed by atoms with Crippen LogP contribution in [0.2, 0.25) is 0 Å². The number of aliphatic imine (C=N–C) groups is 1. The Bertz CT molecular complexity index is 182. The average molecular weight is 192 g/mol. The Morgan fingerprint density at radius 1 is 1.75 bits per heavy atom. The van der Waals surface area contributed by atoms with E-state index < -0.39 is 10.8 Å². The van der Waals surface area contributed by atoms with Crippen LogP contribution in [-0.2, 0) is 10.8 Å². The predicted molar refractivity (Wildman–Crippen MR) is 52.2 cm³/mol. The van der Waals surface area contributed by atoms with E-state index in [0.717, 1.165) is 0 Å². The Kier molecular flexibility index (Phi) is 5.65. The minimum absolute atomic E-state index is 0.0927. The summed E-state index contributed by atoms with van der Waals surface area (Å²) in [6.45, 7) is 2.49. The summed E-state index contributed by atoms with van der Waals surface area (Å²) in [5.74, 6) is 5.63. The lowest BCUT2D eigenvalue weighted by Crippen LogP contribution is -2.44. The summed E-state index contributed by atoms with van der Waals surface area (Å²) in [5, 5.41) is 3.01. The van der Waals surface area contributed by atoms with E-state index in [-0.39, 0.29) is 5.25 Å². The molecule has 2 unspecified atom stereocenters. The minimum atomic E-state index is -0.817. The monoisotopic (exact) mass is 192 g/mol. The van der Waals surface area contributed by atoms with Gasteiger partial charge in [-0.2, -0.15) is 0 Å². The van der Waals surface area contributed by atoms with Gasteiger partial charge in [0.1, 0.15) is 0 Å². The van der Waals surface area contributed by atoms with Crippen LogP contribution in [0.1, 0.15) is 6.92 Å². The molecule has 0 fully saturated rings. The molecule has 0 saturated heterocycles. The van der Waals surface area contributed by atoms with Crippen molar-refractivity contribution >= 4 is 16.8 Å². The summed E-state index contributed by atoms with van der Waals surface area (Å²) in [6.07, 6.45) is 1.67. The number of nitrogens with two attached hydrogens (primary N) is 1. The zero-order chi connectivity index (χ0) is 9.56. The molecule has 2 atom stereocenters. The molecule has 0 aliphatic rings. The Morgan fingerprint density at radius 3 is 2.67 bits per heavy atom. The molecule has 0 saturated carbocycles. The first-order valence-electron chi connectivity index (χ1n) is 3.61. The van der Waals surface area contributed by atoms with Crippen molar-refractivity contribution in [2.75, 3.05) is 19.8 Å². The summed E-state index contributed by atoms with van der Waals surface area (Å²) in [6, 6.07) is 0. The summed E-state index contributed by atoms with van der Waals surface area (Å²) in [5.41, 5.74) is 2.39. The first kappa shape index (κ1) is 11.4. The fraction of sp³-hybridized carbons (Fsp3) is 0.833. The van der Waals surface area contributed by atoms with Crippen LogP contribution >= 0.6 is 0 Å². The largest absolute Gasteiger partial charge is 0.354 e. The van der Waals surface area contributed by atoms with Gasteiger partial charge in [0.05, 0.1) is 0 Å². The van der Waals surface area contributed by atoms with Crippen molar-refractivity contribution in [1.29, 1.82) is 0 Å². The van der Waals surface area contributed by atoms with Gasteiger partial charge >= 0.3 is 0 Å². The number of hydrogen-bond acceptors (Lipinski definition) is 3. The molecule has 0 bridgehead atoms. The van der Waals surface area contributed by atoms with E-state index in [4.69, 9.17) is 5.84 Å². The second-order valence-electron chi connectivity index (χ2n) is 2.41. The zero-order valence-corrected chi connectivity index (χ0v) is 8.44. The van der Waals surface area contributed by atoms with Crippen LogP contribution in [0.4, 0.5) is 0 Å². The third kappa shape index (κ3) is 4.30.